The normalized spacial score (nSPS) is 13.9. The minimum atomic E-state index is -0.767. The van der Waals surface area contributed by atoms with Crippen LogP contribution in [0.2, 0.25) is 0 Å². The monoisotopic (exact) mass is 294 g/mol. The summed E-state index contributed by atoms with van der Waals surface area (Å²) in [4.78, 5) is 23.6. The van der Waals surface area contributed by atoms with Gasteiger partial charge in [0.05, 0.1) is 13.2 Å². The summed E-state index contributed by atoms with van der Waals surface area (Å²) in [7, 11) is 0. The highest BCUT2D eigenvalue weighted by molar-refractivity contribution is 5.94. The number of unbranched alkanes of at least 4 members (excludes halogenated alkanes) is 2. The summed E-state index contributed by atoms with van der Waals surface area (Å²) < 4.78 is 9.90. The molecule has 0 heterocycles. The van der Waals surface area contributed by atoms with Crippen molar-refractivity contribution in [2.24, 2.45) is 11.8 Å². The first kappa shape index (κ1) is 17.5. The van der Waals surface area contributed by atoms with Crippen LogP contribution in [0.5, 0.6) is 0 Å². The summed E-state index contributed by atoms with van der Waals surface area (Å²) in [6.45, 7) is 4.05. The molecule has 1 aliphatic carbocycles. The minimum absolute atomic E-state index is 0.287. The van der Waals surface area contributed by atoms with E-state index in [0.717, 1.165) is 25.7 Å². The largest absolute Gasteiger partial charge is 0.465 e. The average molecular weight is 294 g/mol. The minimum Gasteiger partial charge on any atom is -0.465 e. The van der Waals surface area contributed by atoms with Crippen LogP contribution in [-0.4, -0.2) is 25.2 Å². The number of allylic oxidation sites excluding steroid dienone is 4. The zero-order chi connectivity index (χ0) is 15.5. The molecule has 21 heavy (non-hydrogen) atoms. The Kier molecular flexibility index (Phi) is 8.48. The summed E-state index contributed by atoms with van der Waals surface area (Å²) in [6, 6.07) is 0. The molecule has 0 unspecified atom stereocenters. The summed E-state index contributed by atoms with van der Waals surface area (Å²) in [5.74, 6) is -1.14. The van der Waals surface area contributed by atoms with Crippen molar-refractivity contribution in [3.05, 3.63) is 24.3 Å². The second kappa shape index (κ2) is 10.2. The van der Waals surface area contributed by atoms with Crippen molar-refractivity contribution >= 4 is 11.9 Å². The number of esters is 2. The standard InChI is InChI=1S/C17H26O4/c1-3-20-16(18)15(17(19)21-4-2)13-7-5-6-10-14-11-8-9-12-14/h8-9,11-12,14-15H,3-7,10,13H2,1-2H3. The summed E-state index contributed by atoms with van der Waals surface area (Å²) >= 11 is 0. The van der Waals surface area contributed by atoms with Gasteiger partial charge in [0.25, 0.3) is 0 Å². The lowest BCUT2D eigenvalue weighted by atomic mass is 9.98. The highest BCUT2D eigenvalue weighted by Crippen LogP contribution is 2.19. The van der Waals surface area contributed by atoms with E-state index in [1.165, 1.54) is 0 Å². The maximum Gasteiger partial charge on any atom is 0.320 e. The Balaban J connectivity index is 2.27. The van der Waals surface area contributed by atoms with Crippen LogP contribution in [0.1, 0.15) is 46.0 Å². The van der Waals surface area contributed by atoms with Crippen LogP contribution >= 0.6 is 0 Å². The van der Waals surface area contributed by atoms with Crippen LogP contribution in [0.3, 0.4) is 0 Å². The summed E-state index contributed by atoms with van der Waals surface area (Å²) in [5, 5.41) is 0. The molecule has 0 saturated carbocycles. The third kappa shape index (κ3) is 6.61. The van der Waals surface area contributed by atoms with Crippen molar-refractivity contribution in [1.29, 1.82) is 0 Å². The van der Waals surface area contributed by atoms with E-state index in [1.807, 2.05) is 0 Å². The molecule has 0 radical (unpaired) electrons. The zero-order valence-electron chi connectivity index (χ0n) is 13.0. The molecule has 1 rings (SSSR count). The van der Waals surface area contributed by atoms with Gasteiger partial charge in [-0.3, -0.25) is 9.59 Å². The van der Waals surface area contributed by atoms with Crippen LogP contribution in [0.15, 0.2) is 24.3 Å². The molecule has 4 heteroatoms. The van der Waals surface area contributed by atoms with Gasteiger partial charge in [0.15, 0.2) is 5.92 Å². The molecule has 0 spiro atoms. The molecule has 0 fully saturated rings. The molecule has 0 bridgehead atoms. The fourth-order valence-corrected chi connectivity index (χ4v) is 2.39. The van der Waals surface area contributed by atoms with Crippen molar-refractivity contribution in [2.45, 2.75) is 46.0 Å². The summed E-state index contributed by atoms with van der Waals surface area (Å²) in [6.07, 6.45) is 13.1. The van der Waals surface area contributed by atoms with Crippen LogP contribution in [0.4, 0.5) is 0 Å². The third-order valence-electron chi connectivity index (χ3n) is 3.50. The van der Waals surface area contributed by atoms with Gasteiger partial charge < -0.3 is 9.47 Å². The van der Waals surface area contributed by atoms with Gasteiger partial charge in [-0.2, -0.15) is 0 Å². The Bertz CT molecular complexity index is 354. The maximum atomic E-state index is 11.8. The van der Waals surface area contributed by atoms with E-state index in [9.17, 15) is 9.59 Å². The van der Waals surface area contributed by atoms with Gasteiger partial charge in [-0.25, -0.2) is 0 Å². The lowest BCUT2D eigenvalue weighted by Crippen LogP contribution is -2.28. The number of hydrogen-bond donors (Lipinski definition) is 0. The predicted molar refractivity (Wildman–Crippen MR) is 81.6 cm³/mol. The fourth-order valence-electron chi connectivity index (χ4n) is 2.39. The molecule has 0 aromatic heterocycles. The van der Waals surface area contributed by atoms with E-state index in [1.54, 1.807) is 13.8 Å². The molecule has 0 aliphatic heterocycles. The second-order valence-corrected chi connectivity index (χ2v) is 5.13. The molecule has 1 aliphatic rings. The van der Waals surface area contributed by atoms with Gasteiger partial charge in [-0.15, -0.1) is 0 Å². The first-order valence-electron chi connectivity index (χ1n) is 7.87. The van der Waals surface area contributed by atoms with Gasteiger partial charge in [-0.1, -0.05) is 43.6 Å². The quantitative estimate of drug-likeness (QED) is 0.352. The Morgan fingerprint density at radius 1 is 0.952 bits per heavy atom. The fraction of sp³-hybridized carbons (Fsp3) is 0.647. The van der Waals surface area contributed by atoms with Crippen molar-refractivity contribution in [3.63, 3.8) is 0 Å². The van der Waals surface area contributed by atoms with Crippen LogP contribution in [0.25, 0.3) is 0 Å². The van der Waals surface area contributed by atoms with E-state index in [-0.39, 0.29) is 13.2 Å². The topological polar surface area (TPSA) is 52.6 Å². The number of ether oxygens (including phenoxy) is 2. The maximum absolute atomic E-state index is 11.8. The first-order chi connectivity index (χ1) is 10.2. The van der Waals surface area contributed by atoms with Gasteiger partial charge >= 0.3 is 11.9 Å². The molecule has 0 saturated heterocycles. The van der Waals surface area contributed by atoms with Crippen molar-refractivity contribution in [1.82, 2.24) is 0 Å². The SMILES string of the molecule is CCOC(=O)C(CCCCCC1C=CC=C1)C(=O)OCC. The van der Waals surface area contributed by atoms with Crippen molar-refractivity contribution in [2.75, 3.05) is 13.2 Å². The summed E-state index contributed by atoms with van der Waals surface area (Å²) in [5.41, 5.74) is 0. The zero-order valence-corrected chi connectivity index (χ0v) is 13.0. The smallest absolute Gasteiger partial charge is 0.320 e. The number of carbonyl (C=O) groups excluding carboxylic acids is 2. The molecule has 118 valence electrons. The van der Waals surface area contributed by atoms with E-state index in [0.29, 0.717) is 12.3 Å². The third-order valence-corrected chi connectivity index (χ3v) is 3.50. The molecule has 0 amide bonds. The highest BCUT2D eigenvalue weighted by atomic mass is 16.6. The van der Waals surface area contributed by atoms with Crippen LogP contribution in [-0.2, 0) is 19.1 Å². The Hall–Kier alpha value is -1.58. The van der Waals surface area contributed by atoms with Crippen molar-refractivity contribution in [3.8, 4) is 0 Å². The van der Waals surface area contributed by atoms with E-state index >= 15 is 0 Å². The first-order valence-corrected chi connectivity index (χ1v) is 7.87. The highest BCUT2D eigenvalue weighted by Gasteiger charge is 2.28. The lowest BCUT2D eigenvalue weighted by Gasteiger charge is -2.14. The van der Waals surface area contributed by atoms with Crippen LogP contribution in [0, 0.1) is 11.8 Å². The van der Waals surface area contributed by atoms with E-state index in [4.69, 9.17) is 9.47 Å². The molecular weight excluding hydrogens is 268 g/mol. The molecule has 4 nitrogen and oxygen atoms in total. The van der Waals surface area contributed by atoms with Gasteiger partial charge in [-0.05, 0) is 32.6 Å². The Morgan fingerprint density at radius 3 is 2.05 bits per heavy atom. The Labute approximate surface area is 127 Å². The number of carbonyl (C=O) groups is 2. The molecule has 0 N–H and O–H groups in total. The predicted octanol–water partition coefficient (Wildman–Crippen LogP) is 3.42. The van der Waals surface area contributed by atoms with Crippen LogP contribution < -0.4 is 0 Å². The molecule has 0 aromatic rings. The van der Waals surface area contributed by atoms with Gasteiger partial charge in [0.1, 0.15) is 0 Å². The Morgan fingerprint density at radius 2 is 1.52 bits per heavy atom. The second-order valence-electron chi connectivity index (χ2n) is 5.13. The number of hydrogen-bond acceptors (Lipinski definition) is 4. The molecule has 0 aromatic carbocycles. The molecular formula is C17H26O4. The molecule has 0 atom stereocenters. The lowest BCUT2D eigenvalue weighted by molar-refractivity contribution is -0.161. The van der Waals surface area contributed by atoms with E-state index < -0.39 is 17.9 Å². The van der Waals surface area contributed by atoms with Crippen molar-refractivity contribution < 1.29 is 19.1 Å². The number of rotatable bonds is 10. The van der Waals surface area contributed by atoms with Gasteiger partial charge in [0, 0.05) is 0 Å². The average Bonchev–Trinajstić information content (AvgIpc) is 2.96. The van der Waals surface area contributed by atoms with Gasteiger partial charge in [0.2, 0.25) is 0 Å². The van der Waals surface area contributed by atoms with E-state index in [2.05, 4.69) is 24.3 Å².